The van der Waals surface area contributed by atoms with Crippen molar-refractivity contribution in [1.29, 1.82) is 0 Å². The predicted octanol–water partition coefficient (Wildman–Crippen LogP) is 3.19. The average molecular weight is 700 g/mol. The normalized spacial score (nSPS) is 25.0. The number of carbonyl (C=O) groups is 4. The molecule has 1 saturated heterocycles. The maximum atomic E-state index is 14.4. The summed E-state index contributed by atoms with van der Waals surface area (Å²) in [4.78, 5) is 57.4. The molecule has 2 saturated carbocycles. The molecule has 0 aromatic heterocycles. The van der Waals surface area contributed by atoms with Crippen molar-refractivity contribution in [3.8, 4) is 0 Å². The van der Waals surface area contributed by atoms with Gasteiger partial charge in [-0.1, -0.05) is 32.1 Å². The van der Waals surface area contributed by atoms with Crippen molar-refractivity contribution < 1.29 is 41.1 Å². The monoisotopic (exact) mass is 699 g/mol. The van der Waals surface area contributed by atoms with Crippen molar-refractivity contribution in [2.75, 3.05) is 11.9 Å². The van der Waals surface area contributed by atoms with Crippen LogP contribution in [0.4, 0.5) is 19.3 Å². The molecule has 5 atom stereocenters. The van der Waals surface area contributed by atoms with Crippen LogP contribution in [0.1, 0.15) is 50.7 Å². The van der Waals surface area contributed by atoms with Crippen LogP contribution in [-0.2, 0) is 42.2 Å². The number of sulfonamides is 1. The minimum absolute atomic E-state index is 0.00146. The second-order valence-corrected chi connectivity index (χ2v) is 15.5. The van der Waals surface area contributed by atoms with Crippen molar-refractivity contribution in [1.82, 2.24) is 19.8 Å². The summed E-state index contributed by atoms with van der Waals surface area (Å²) in [5.41, 5.74) is -0.0752. The third kappa shape index (κ3) is 6.98. The van der Waals surface area contributed by atoms with Crippen LogP contribution >= 0.6 is 0 Å². The van der Waals surface area contributed by atoms with Crippen LogP contribution in [0.5, 0.6) is 0 Å². The van der Waals surface area contributed by atoms with Gasteiger partial charge < -0.3 is 20.3 Å². The lowest BCUT2D eigenvalue weighted by Gasteiger charge is -2.31. The molecule has 2 aliphatic heterocycles. The minimum Gasteiger partial charge on any atom is -0.444 e. The Morgan fingerprint density at radius 2 is 1.78 bits per heavy atom. The lowest BCUT2D eigenvalue weighted by molar-refractivity contribution is -0.140. The topological polar surface area (TPSA) is 154 Å². The molecule has 0 spiro atoms. The SMILES string of the molecule is C=CC1CC1(NC(=O)C1CC(OC(=O)N2Cc3cccc(F)c3C2)CN1C(=O)C(Nc1ccc(F)cc1)C(C)C)C(=O)NS(=O)(=O)C1CC1. The number of nitrogens with zero attached hydrogens (tertiary/aromatic N) is 2. The summed E-state index contributed by atoms with van der Waals surface area (Å²) >= 11 is 0. The molecule has 2 aliphatic carbocycles. The Morgan fingerprint density at radius 1 is 1.06 bits per heavy atom. The van der Waals surface area contributed by atoms with Gasteiger partial charge in [0.2, 0.25) is 21.8 Å². The summed E-state index contributed by atoms with van der Waals surface area (Å²) in [7, 11) is -3.91. The van der Waals surface area contributed by atoms with E-state index < -0.39 is 80.4 Å². The molecule has 12 nitrogen and oxygen atoms in total. The lowest BCUT2D eigenvalue weighted by atomic mass is 10.0. The van der Waals surface area contributed by atoms with E-state index in [2.05, 4.69) is 21.9 Å². The van der Waals surface area contributed by atoms with Gasteiger partial charge in [0.05, 0.1) is 18.3 Å². The number of fused-ring (bicyclic) bond motifs is 1. The molecule has 3 N–H and O–H groups in total. The van der Waals surface area contributed by atoms with Crippen molar-refractivity contribution in [3.05, 3.63) is 77.9 Å². The van der Waals surface area contributed by atoms with Crippen molar-refractivity contribution in [3.63, 3.8) is 0 Å². The molecular weight excluding hydrogens is 660 g/mol. The molecule has 6 rings (SSSR count). The number of nitrogens with one attached hydrogen (secondary N) is 3. The molecule has 2 aromatic rings. The maximum Gasteiger partial charge on any atom is 0.410 e. The third-order valence-electron chi connectivity index (χ3n) is 9.65. The Morgan fingerprint density at radius 3 is 2.39 bits per heavy atom. The highest BCUT2D eigenvalue weighted by atomic mass is 32.2. The number of benzene rings is 2. The Hall–Kier alpha value is -4.53. The molecule has 0 bridgehead atoms. The van der Waals surface area contributed by atoms with Crippen LogP contribution < -0.4 is 15.4 Å². The Bertz CT molecular complexity index is 1780. The van der Waals surface area contributed by atoms with Gasteiger partial charge in [0.15, 0.2) is 0 Å². The zero-order chi connectivity index (χ0) is 35.2. The number of ether oxygens (including phenoxy) is 1. The second kappa shape index (κ2) is 13.1. The average Bonchev–Trinajstić information content (AvgIpc) is 3.94. The highest BCUT2D eigenvalue weighted by Crippen LogP contribution is 2.45. The van der Waals surface area contributed by atoms with Gasteiger partial charge in [-0.2, -0.15) is 0 Å². The summed E-state index contributed by atoms with van der Waals surface area (Å²) in [5, 5.41) is 5.16. The van der Waals surface area contributed by atoms with E-state index in [9.17, 15) is 36.4 Å². The molecule has 262 valence electrons. The summed E-state index contributed by atoms with van der Waals surface area (Å²) in [6, 6.07) is 7.96. The van der Waals surface area contributed by atoms with Gasteiger partial charge in [0.25, 0.3) is 5.91 Å². The van der Waals surface area contributed by atoms with Gasteiger partial charge in [-0.05, 0) is 61.1 Å². The van der Waals surface area contributed by atoms with Crippen LogP contribution in [0.2, 0.25) is 0 Å². The number of halogens is 2. The number of hydrogen-bond acceptors (Lipinski definition) is 8. The Balaban J connectivity index is 1.22. The molecule has 2 aromatic carbocycles. The fourth-order valence-electron chi connectivity index (χ4n) is 6.54. The van der Waals surface area contributed by atoms with Crippen molar-refractivity contribution in [2.45, 2.75) is 81.6 Å². The zero-order valence-corrected chi connectivity index (χ0v) is 28.0. The smallest absolute Gasteiger partial charge is 0.410 e. The van der Waals surface area contributed by atoms with Crippen LogP contribution in [0.3, 0.4) is 0 Å². The van der Waals surface area contributed by atoms with Crippen LogP contribution in [0.25, 0.3) is 0 Å². The standard InChI is InChI=1S/C34H39F2N5O7S/c1-4-21-15-34(21,32(44)39-49(46,47)25-12-13-25)38-30(42)28-14-24(48-33(45)40-16-20-6-5-7-27(36)26(20)18-40)17-41(28)31(43)29(19(2)3)37-23-10-8-22(35)9-11-23/h4-11,19,21,24-25,28-29,37H,1,12-18H2,2-3H3,(H,38,42)(H,39,44). The molecule has 5 unspecified atom stereocenters. The molecular formula is C34H39F2N5O7S. The first-order valence-corrected chi connectivity index (χ1v) is 17.8. The van der Waals surface area contributed by atoms with E-state index in [4.69, 9.17) is 4.74 Å². The van der Waals surface area contributed by atoms with E-state index in [-0.39, 0.29) is 38.4 Å². The van der Waals surface area contributed by atoms with Gasteiger partial charge in [0, 0.05) is 30.1 Å². The van der Waals surface area contributed by atoms with E-state index >= 15 is 0 Å². The molecule has 15 heteroatoms. The first kappa shape index (κ1) is 34.3. The fraction of sp³-hybridized carbons (Fsp3) is 0.471. The number of likely N-dealkylation sites (tertiary alicyclic amines) is 1. The molecule has 4 amide bonds. The molecule has 2 heterocycles. The molecule has 3 fully saturated rings. The number of amides is 4. The van der Waals surface area contributed by atoms with Crippen LogP contribution in [0.15, 0.2) is 55.1 Å². The zero-order valence-electron chi connectivity index (χ0n) is 27.2. The highest BCUT2D eigenvalue weighted by Gasteiger charge is 2.62. The van der Waals surface area contributed by atoms with Crippen molar-refractivity contribution in [2.24, 2.45) is 11.8 Å². The van der Waals surface area contributed by atoms with Gasteiger partial charge in [0.1, 0.15) is 35.4 Å². The quantitative estimate of drug-likeness (QED) is 0.303. The van der Waals surface area contributed by atoms with Gasteiger partial charge in [-0.15, -0.1) is 6.58 Å². The Labute approximate surface area is 283 Å². The van der Waals surface area contributed by atoms with Gasteiger partial charge >= 0.3 is 6.09 Å². The second-order valence-electron chi connectivity index (χ2n) is 13.5. The molecule has 0 radical (unpaired) electrons. The third-order valence-corrected chi connectivity index (χ3v) is 11.5. The van der Waals surface area contributed by atoms with E-state index in [1.54, 1.807) is 26.0 Å². The first-order chi connectivity index (χ1) is 23.2. The summed E-state index contributed by atoms with van der Waals surface area (Å²) < 4.78 is 61.0. The summed E-state index contributed by atoms with van der Waals surface area (Å²) in [6.07, 6.45) is 0.657. The minimum atomic E-state index is -3.91. The molecule has 4 aliphatic rings. The van der Waals surface area contributed by atoms with E-state index in [1.165, 1.54) is 46.2 Å². The fourth-order valence-corrected chi connectivity index (χ4v) is 7.90. The summed E-state index contributed by atoms with van der Waals surface area (Å²) in [6.45, 7) is 7.29. The largest absolute Gasteiger partial charge is 0.444 e. The molecule has 49 heavy (non-hydrogen) atoms. The van der Waals surface area contributed by atoms with E-state index in [0.717, 1.165) is 0 Å². The first-order valence-electron chi connectivity index (χ1n) is 16.3. The van der Waals surface area contributed by atoms with E-state index in [0.29, 0.717) is 29.7 Å². The number of rotatable bonds is 11. The Kier molecular flexibility index (Phi) is 9.15. The van der Waals surface area contributed by atoms with Crippen molar-refractivity contribution >= 4 is 39.5 Å². The van der Waals surface area contributed by atoms with Crippen LogP contribution in [0, 0.1) is 23.5 Å². The number of hydrogen-bond donors (Lipinski definition) is 3. The maximum absolute atomic E-state index is 14.4. The van der Waals surface area contributed by atoms with Crippen LogP contribution in [-0.4, -0.2) is 77.6 Å². The van der Waals surface area contributed by atoms with E-state index in [1.807, 2.05) is 0 Å². The number of carbonyl (C=O) groups excluding carboxylic acids is 4. The highest BCUT2D eigenvalue weighted by molar-refractivity contribution is 7.91. The summed E-state index contributed by atoms with van der Waals surface area (Å²) in [5.74, 6) is -3.85. The number of anilines is 1. The van der Waals surface area contributed by atoms with Gasteiger partial charge in [-0.3, -0.25) is 24.0 Å². The van der Waals surface area contributed by atoms with Gasteiger partial charge in [-0.25, -0.2) is 22.0 Å². The lowest BCUT2D eigenvalue weighted by Crippen LogP contribution is -2.58. The predicted molar refractivity (Wildman–Crippen MR) is 174 cm³/mol.